The molecule has 0 aliphatic rings. The van der Waals surface area contributed by atoms with Crippen molar-refractivity contribution in [3.63, 3.8) is 0 Å². The Bertz CT molecular complexity index is 1490. The number of hydrogen-bond donors (Lipinski definition) is 2. The maximum absolute atomic E-state index is 10.9. The number of nitrogens with zero attached hydrogens (tertiary/aromatic N) is 4. The molecule has 0 aliphatic heterocycles. The van der Waals surface area contributed by atoms with Crippen molar-refractivity contribution < 1.29 is 9.90 Å². The summed E-state index contributed by atoms with van der Waals surface area (Å²) in [5.74, 6) is -0.388. The highest BCUT2D eigenvalue weighted by Crippen LogP contribution is 2.25. The molecule has 0 atom stereocenters. The molecule has 5 rings (SSSR count). The van der Waals surface area contributed by atoms with Gasteiger partial charge in [-0.25, -0.2) is 19.9 Å². The van der Waals surface area contributed by atoms with E-state index in [2.05, 4.69) is 27.4 Å². The Kier molecular flexibility index (Phi) is 6.65. The van der Waals surface area contributed by atoms with E-state index in [1.165, 1.54) is 11.3 Å². The number of nitrogens with one attached hydrogen (secondary N) is 1. The van der Waals surface area contributed by atoms with Crippen LogP contribution in [-0.2, 0) is 24.1 Å². The average molecular weight is 502 g/mol. The zero-order valence-corrected chi connectivity index (χ0v) is 20.1. The molecule has 0 spiro atoms. The molecule has 0 bridgehead atoms. The van der Waals surface area contributed by atoms with Gasteiger partial charge in [0.05, 0.1) is 17.8 Å². The molecule has 7 nitrogen and oxygen atoms in total. The van der Waals surface area contributed by atoms with Gasteiger partial charge in [-0.1, -0.05) is 65.4 Å². The molecule has 0 saturated carbocycles. The molecule has 0 radical (unpaired) electrons. The third-order valence-electron chi connectivity index (χ3n) is 5.22. The third-order valence-corrected chi connectivity index (χ3v) is 6.40. The molecule has 5 aromatic rings. The van der Waals surface area contributed by atoms with Crippen molar-refractivity contribution >= 4 is 50.9 Å². The largest absolute Gasteiger partial charge is 0.481 e. The molecule has 0 aliphatic carbocycles. The Hall–Kier alpha value is -3.88. The molecule has 2 aromatic carbocycles. The first-order valence-corrected chi connectivity index (χ1v) is 12.1. The van der Waals surface area contributed by atoms with Gasteiger partial charge in [-0.3, -0.25) is 4.79 Å². The van der Waals surface area contributed by atoms with Gasteiger partial charge < -0.3 is 10.4 Å². The molecule has 3 aromatic heterocycles. The first-order chi connectivity index (χ1) is 17.0. The number of aromatic nitrogens is 4. The molecule has 2 N–H and O–H groups in total. The van der Waals surface area contributed by atoms with E-state index >= 15 is 0 Å². The fourth-order valence-corrected chi connectivity index (χ4v) is 4.82. The van der Waals surface area contributed by atoms with Gasteiger partial charge in [0.1, 0.15) is 20.5 Å². The Morgan fingerprint density at radius 3 is 2.34 bits per heavy atom. The summed E-state index contributed by atoms with van der Waals surface area (Å²) >= 11 is 7.52. The van der Waals surface area contributed by atoms with Gasteiger partial charge in [-0.15, -0.1) is 0 Å². The van der Waals surface area contributed by atoms with Crippen LogP contribution in [0, 0.1) is 0 Å². The van der Waals surface area contributed by atoms with Crippen molar-refractivity contribution in [3.05, 3.63) is 105 Å². The predicted octanol–water partition coefficient (Wildman–Crippen LogP) is 5.69. The summed E-state index contributed by atoms with van der Waals surface area (Å²) < 4.78 is 0. The smallest absolute Gasteiger partial charge is 0.307 e. The van der Waals surface area contributed by atoms with Gasteiger partial charge in [0.25, 0.3) is 0 Å². The van der Waals surface area contributed by atoms with E-state index in [0.29, 0.717) is 23.9 Å². The van der Waals surface area contributed by atoms with Gasteiger partial charge in [-0.2, -0.15) is 0 Å². The van der Waals surface area contributed by atoms with Gasteiger partial charge in [0, 0.05) is 18.5 Å². The van der Waals surface area contributed by atoms with Crippen LogP contribution in [-0.4, -0.2) is 31.0 Å². The first kappa shape index (κ1) is 22.9. The molecule has 174 valence electrons. The fraction of sp³-hybridized carbons (Fsp3) is 0.115. The minimum Gasteiger partial charge on any atom is -0.481 e. The molecule has 3 heterocycles. The SMILES string of the molecule is O=C(O)Cc1ccc(Nc2nc(Cc3ccccc3)cc(Cc3nc4ccc(Cl)nc4s3)n2)cc1. The highest BCUT2D eigenvalue weighted by molar-refractivity contribution is 7.18. The minimum absolute atomic E-state index is 0.0181. The van der Waals surface area contributed by atoms with Crippen LogP contribution in [0.4, 0.5) is 11.6 Å². The summed E-state index contributed by atoms with van der Waals surface area (Å²) in [6.45, 7) is 0. The summed E-state index contributed by atoms with van der Waals surface area (Å²) in [6, 6.07) is 23.0. The fourth-order valence-electron chi connectivity index (χ4n) is 3.68. The normalized spacial score (nSPS) is 11.0. The zero-order valence-electron chi connectivity index (χ0n) is 18.5. The van der Waals surface area contributed by atoms with Crippen LogP contribution in [0.3, 0.4) is 0 Å². The monoisotopic (exact) mass is 501 g/mol. The number of carbonyl (C=O) groups is 1. The average Bonchev–Trinajstić information content (AvgIpc) is 3.22. The first-order valence-electron chi connectivity index (χ1n) is 10.9. The van der Waals surface area contributed by atoms with E-state index in [1.54, 1.807) is 18.2 Å². The lowest BCUT2D eigenvalue weighted by Crippen LogP contribution is -2.05. The quantitative estimate of drug-likeness (QED) is 0.263. The second-order valence-electron chi connectivity index (χ2n) is 7.97. The Balaban J connectivity index is 1.43. The highest BCUT2D eigenvalue weighted by atomic mass is 35.5. The standard InChI is InChI=1S/C26H20ClN5O2S/c27-22-11-10-21-25(32-22)35-23(31-21)15-20-14-19(12-16-4-2-1-3-5-16)29-26(30-20)28-18-8-6-17(7-9-18)13-24(33)34/h1-11,14H,12-13,15H2,(H,33,34)(H,28,29,30). The van der Waals surface area contributed by atoms with Crippen molar-refractivity contribution in [2.75, 3.05) is 5.32 Å². The van der Waals surface area contributed by atoms with Crippen molar-refractivity contribution in [3.8, 4) is 0 Å². The van der Waals surface area contributed by atoms with Crippen LogP contribution in [0.25, 0.3) is 10.3 Å². The van der Waals surface area contributed by atoms with Gasteiger partial charge >= 0.3 is 5.97 Å². The van der Waals surface area contributed by atoms with E-state index in [0.717, 1.165) is 43.6 Å². The number of halogens is 1. The topological polar surface area (TPSA) is 101 Å². The molecular weight excluding hydrogens is 482 g/mol. The van der Waals surface area contributed by atoms with E-state index in [-0.39, 0.29) is 6.42 Å². The van der Waals surface area contributed by atoms with Gasteiger partial charge in [0.2, 0.25) is 5.95 Å². The Morgan fingerprint density at radius 2 is 1.60 bits per heavy atom. The molecule has 0 unspecified atom stereocenters. The molecular formula is C26H20ClN5O2S. The van der Waals surface area contributed by atoms with Crippen LogP contribution in [0.1, 0.15) is 27.5 Å². The van der Waals surface area contributed by atoms with Crippen molar-refractivity contribution in [1.29, 1.82) is 0 Å². The molecule has 0 amide bonds. The number of fused-ring (bicyclic) bond motifs is 1. The molecule has 0 fully saturated rings. The lowest BCUT2D eigenvalue weighted by Gasteiger charge is -2.10. The number of thiazole rings is 1. The number of hydrogen-bond acceptors (Lipinski definition) is 7. The molecule has 35 heavy (non-hydrogen) atoms. The second kappa shape index (κ2) is 10.2. The Labute approximate surface area is 210 Å². The van der Waals surface area contributed by atoms with Crippen LogP contribution < -0.4 is 5.32 Å². The number of carboxylic acid groups (broad SMARTS) is 1. The number of benzene rings is 2. The maximum atomic E-state index is 10.9. The third kappa shape index (κ3) is 5.98. The van der Waals surface area contributed by atoms with E-state index in [4.69, 9.17) is 26.7 Å². The number of carboxylic acids is 1. The Morgan fingerprint density at radius 1 is 0.857 bits per heavy atom. The van der Waals surface area contributed by atoms with Crippen molar-refractivity contribution in [1.82, 2.24) is 19.9 Å². The van der Waals surface area contributed by atoms with E-state index in [1.807, 2.05) is 42.5 Å². The second-order valence-corrected chi connectivity index (χ2v) is 9.42. The lowest BCUT2D eigenvalue weighted by molar-refractivity contribution is -0.136. The lowest BCUT2D eigenvalue weighted by atomic mass is 10.1. The summed E-state index contributed by atoms with van der Waals surface area (Å²) in [4.78, 5) is 30.2. The number of anilines is 2. The van der Waals surface area contributed by atoms with Crippen molar-refractivity contribution in [2.24, 2.45) is 0 Å². The van der Waals surface area contributed by atoms with Gasteiger partial charge in [-0.05, 0) is 41.5 Å². The van der Waals surface area contributed by atoms with E-state index < -0.39 is 5.97 Å². The van der Waals surface area contributed by atoms with Crippen LogP contribution >= 0.6 is 22.9 Å². The summed E-state index contributed by atoms with van der Waals surface area (Å²) in [7, 11) is 0. The highest BCUT2D eigenvalue weighted by Gasteiger charge is 2.12. The zero-order chi connectivity index (χ0) is 24.2. The summed E-state index contributed by atoms with van der Waals surface area (Å²) in [5.41, 5.74) is 5.19. The van der Waals surface area contributed by atoms with Gasteiger partial charge in [0.15, 0.2) is 0 Å². The number of aliphatic carboxylic acids is 1. The predicted molar refractivity (Wildman–Crippen MR) is 138 cm³/mol. The minimum atomic E-state index is -0.861. The van der Waals surface area contributed by atoms with Crippen LogP contribution in [0.15, 0.2) is 72.8 Å². The number of pyridine rings is 1. The molecule has 9 heteroatoms. The van der Waals surface area contributed by atoms with Crippen molar-refractivity contribution in [2.45, 2.75) is 19.3 Å². The maximum Gasteiger partial charge on any atom is 0.307 e. The summed E-state index contributed by atoms with van der Waals surface area (Å²) in [5, 5.41) is 13.6. The van der Waals surface area contributed by atoms with Crippen LogP contribution in [0.5, 0.6) is 0 Å². The van der Waals surface area contributed by atoms with Crippen LogP contribution in [0.2, 0.25) is 5.15 Å². The molecule has 0 saturated heterocycles. The number of rotatable bonds is 8. The van der Waals surface area contributed by atoms with E-state index in [9.17, 15) is 4.79 Å². The summed E-state index contributed by atoms with van der Waals surface area (Å²) in [6.07, 6.45) is 1.19.